The van der Waals surface area contributed by atoms with Crippen LogP contribution < -0.4 is 10.6 Å². The smallest absolute Gasteiger partial charge is 0.317 e. The third kappa shape index (κ3) is 14.8. The highest BCUT2D eigenvalue weighted by atomic mass is 16.4. The van der Waals surface area contributed by atoms with Gasteiger partial charge in [-0.05, 0) is 61.1 Å². The van der Waals surface area contributed by atoms with E-state index in [2.05, 4.69) is 22.8 Å². The molecule has 3 heterocycles. The van der Waals surface area contributed by atoms with E-state index >= 15 is 0 Å². The fourth-order valence-corrected chi connectivity index (χ4v) is 7.78. The van der Waals surface area contributed by atoms with E-state index in [1.807, 2.05) is 15.9 Å². The summed E-state index contributed by atoms with van der Waals surface area (Å²) in [6.07, 6.45) is 5.63. The van der Waals surface area contributed by atoms with Crippen LogP contribution in [0.3, 0.4) is 0 Å². The summed E-state index contributed by atoms with van der Waals surface area (Å²) in [6, 6.07) is 5.59. The summed E-state index contributed by atoms with van der Waals surface area (Å²) in [5, 5.41) is 33.8. The monoisotopic (exact) mass is 786 g/mol. The summed E-state index contributed by atoms with van der Waals surface area (Å²) in [5.74, 6) is -3.01. The number of carbonyl (C=O) groups excluding carboxylic acids is 4. The van der Waals surface area contributed by atoms with Crippen LogP contribution in [0.2, 0.25) is 0 Å². The van der Waals surface area contributed by atoms with Gasteiger partial charge in [0.2, 0.25) is 24.6 Å². The third-order valence-corrected chi connectivity index (χ3v) is 10.9. The van der Waals surface area contributed by atoms with Crippen molar-refractivity contribution < 1.29 is 48.9 Å². The van der Waals surface area contributed by atoms with Crippen molar-refractivity contribution in [2.24, 2.45) is 5.92 Å². The Balaban J connectivity index is 1.21. The number of carboxylic acid groups (broad SMARTS) is 3. The minimum atomic E-state index is -1.03. The second kappa shape index (κ2) is 22.8. The van der Waals surface area contributed by atoms with Crippen molar-refractivity contribution >= 4 is 42.5 Å². The number of carbonyl (C=O) groups is 7. The summed E-state index contributed by atoms with van der Waals surface area (Å²) in [4.78, 5) is 94.2. The summed E-state index contributed by atoms with van der Waals surface area (Å²) < 4.78 is 0. The maximum atomic E-state index is 13.4. The number of hydrogen-bond acceptors (Lipinski definition) is 11. The molecule has 4 rings (SSSR count). The number of fused-ring (bicyclic) bond motifs is 1. The molecule has 18 heteroatoms. The van der Waals surface area contributed by atoms with Crippen molar-refractivity contribution in [1.82, 2.24) is 40.0 Å². The highest BCUT2D eigenvalue weighted by Gasteiger charge is 2.29. The number of benzene rings is 1. The molecule has 56 heavy (non-hydrogen) atoms. The zero-order valence-electron chi connectivity index (χ0n) is 32.2. The van der Waals surface area contributed by atoms with Gasteiger partial charge >= 0.3 is 17.9 Å². The molecule has 0 bridgehead atoms. The quantitative estimate of drug-likeness (QED) is 0.0823. The summed E-state index contributed by atoms with van der Waals surface area (Å²) in [7, 11) is 0. The van der Waals surface area contributed by atoms with Gasteiger partial charge in [0.1, 0.15) is 6.04 Å². The van der Waals surface area contributed by atoms with Crippen molar-refractivity contribution in [3.63, 3.8) is 0 Å². The van der Waals surface area contributed by atoms with Gasteiger partial charge in [-0.1, -0.05) is 18.2 Å². The van der Waals surface area contributed by atoms with Crippen LogP contribution in [0.15, 0.2) is 18.2 Å². The molecule has 0 spiro atoms. The van der Waals surface area contributed by atoms with Crippen LogP contribution in [-0.4, -0.2) is 191 Å². The topological polar surface area (TPSA) is 224 Å². The van der Waals surface area contributed by atoms with E-state index < -0.39 is 23.9 Å². The number of nitrogens with zero attached hydrogens (tertiary/aromatic N) is 6. The lowest BCUT2D eigenvalue weighted by Crippen LogP contribution is -2.50. The third-order valence-electron chi connectivity index (χ3n) is 10.9. The molecule has 1 unspecified atom stereocenters. The molecule has 5 N–H and O–H groups in total. The first-order valence-electron chi connectivity index (χ1n) is 19.5. The maximum absolute atomic E-state index is 13.4. The minimum Gasteiger partial charge on any atom is -0.480 e. The number of rotatable bonds is 19. The number of amides is 4. The zero-order chi connectivity index (χ0) is 40.5. The molecule has 1 aromatic carbocycles. The molecule has 3 aliphatic rings. The Morgan fingerprint density at radius 3 is 1.75 bits per heavy atom. The van der Waals surface area contributed by atoms with Crippen molar-refractivity contribution in [2.75, 3.05) is 98.2 Å². The Kier molecular flexibility index (Phi) is 17.9. The van der Waals surface area contributed by atoms with Crippen LogP contribution in [0, 0.1) is 5.92 Å². The summed E-state index contributed by atoms with van der Waals surface area (Å²) in [6.45, 7) is 4.57. The van der Waals surface area contributed by atoms with E-state index in [0.717, 1.165) is 25.7 Å². The molecule has 0 aromatic heterocycles. The van der Waals surface area contributed by atoms with Crippen molar-refractivity contribution in [2.45, 2.75) is 57.7 Å². The van der Waals surface area contributed by atoms with Crippen LogP contribution in [0.4, 0.5) is 0 Å². The molecular formula is C38H58N8O10. The molecular weight excluding hydrogens is 728 g/mol. The molecule has 310 valence electrons. The molecule has 2 saturated heterocycles. The lowest BCUT2D eigenvalue weighted by Gasteiger charge is -2.34. The second-order valence-corrected chi connectivity index (χ2v) is 15.0. The largest absolute Gasteiger partial charge is 0.480 e. The van der Waals surface area contributed by atoms with Crippen LogP contribution in [0.25, 0.3) is 0 Å². The first-order chi connectivity index (χ1) is 26.9. The Bertz CT molecular complexity index is 1470. The first kappa shape index (κ1) is 44.1. The van der Waals surface area contributed by atoms with Crippen molar-refractivity contribution in [1.29, 1.82) is 0 Å². The molecule has 3 aliphatic heterocycles. The summed E-state index contributed by atoms with van der Waals surface area (Å²) >= 11 is 0. The number of unbranched alkanes of at least 4 members (excludes halogenated alkanes) is 1. The highest BCUT2D eigenvalue weighted by Crippen LogP contribution is 2.29. The Hall–Kier alpha value is -4.65. The van der Waals surface area contributed by atoms with Gasteiger partial charge in [-0.3, -0.25) is 53.2 Å². The number of likely N-dealkylation sites (tertiary alicyclic amines) is 1. The highest BCUT2D eigenvalue weighted by molar-refractivity contribution is 5.83. The lowest BCUT2D eigenvalue weighted by molar-refractivity contribution is -0.140. The predicted molar refractivity (Wildman–Crippen MR) is 203 cm³/mol. The normalized spacial score (nSPS) is 18.9. The average molecular weight is 787 g/mol. The first-order valence-corrected chi connectivity index (χ1v) is 19.5. The average Bonchev–Trinajstić information content (AvgIpc) is 3.59. The Labute approximate surface area is 327 Å². The van der Waals surface area contributed by atoms with Gasteiger partial charge in [-0.2, -0.15) is 0 Å². The van der Waals surface area contributed by atoms with Gasteiger partial charge in [-0.15, -0.1) is 0 Å². The zero-order valence-corrected chi connectivity index (χ0v) is 32.2. The minimum absolute atomic E-state index is 0.0145. The number of hydrogen-bond donors (Lipinski definition) is 5. The molecule has 18 nitrogen and oxygen atoms in total. The molecule has 1 aromatic rings. The van der Waals surface area contributed by atoms with E-state index in [1.165, 1.54) is 16.7 Å². The molecule has 2 fully saturated rings. The van der Waals surface area contributed by atoms with Crippen molar-refractivity contribution in [3.05, 3.63) is 34.9 Å². The van der Waals surface area contributed by atoms with E-state index in [4.69, 9.17) is 0 Å². The second-order valence-electron chi connectivity index (χ2n) is 15.0. The number of aliphatic carboxylic acids is 3. The van der Waals surface area contributed by atoms with Gasteiger partial charge in [-0.25, -0.2) is 0 Å². The molecule has 4 amide bonds. The van der Waals surface area contributed by atoms with Gasteiger partial charge in [0.05, 0.1) is 26.2 Å². The number of carboxylic acids is 3. The van der Waals surface area contributed by atoms with Gasteiger partial charge in [0, 0.05) is 85.1 Å². The van der Waals surface area contributed by atoms with E-state index in [9.17, 15) is 48.9 Å². The van der Waals surface area contributed by atoms with Crippen LogP contribution in [0.5, 0.6) is 0 Å². The lowest BCUT2D eigenvalue weighted by atomic mass is 9.87. The van der Waals surface area contributed by atoms with Gasteiger partial charge in [0.15, 0.2) is 0 Å². The molecule has 0 aliphatic carbocycles. The SMILES string of the molecule is O=CNC(CCCCNC(=O)CN1CCN(CC(=O)O)CCN(CC(=O)O)CCN(CC(=O)O)CC1)C(=O)N1CCC(Cc2cccc3c2CN(C=O)C3)CC1. The van der Waals surface area contributed by atoms with Gasteiger partial charge in [0.25, 0.3) is 0 Å². The van der Waals surface area contributed by atoms with E-state index in [0.29, 0.717) is 90.5 Å². The fourth-order valence-electron chi connectivity index (χ4n) is 7.78. The Morgan fingerprint density at radius 1 is 0.714 bits per heavy atom. The molecule has 0 radical (unpaired) electrons. The van der Waals surface area contributed by atoms with Crippen LogP contribution in [0.1, 0.15) is 48.8 Å². The Morgan fingerprint density at radius 2 is 1.25 bits per heavy atom. The fraction of sp³-hybridized carbons (Fsp3) is 0.658. The standard InChI is InChI=1S/C38H58N8O10/c47-27-40-33(38(56)46-10-7-29(8-11-46)20-30-4-3-5-31-21-45(28-48)22-32(30)31)6-1-2-9-39-34(49)23-41-12-14-42(24-35(50)51)16-18-44(26-37(54)55)19-17-43(15-13-41)25-36(52)53/h3-5,27-29,33H,1-2,6-26H2,(H,39,49)(H,40,47)(H,50,51)(H,52,53)(H,54,55). The summed E-state index contributed by atoms with van der Waals surface area (Å²) in [5.41, 5.74) is 3.70. The molecule has 0 saturated carbocycles. The predicted octanol–water partition coefficient (Wildman–Crippen LogP) is -1.18. The van der Waals surface area contributed by atoms with E-state index in [-0.39, 0.29) is 64.2 Å². The number of nitrogens with one attached hydrogen (secondary N) is 2. The van der Waals surface area contributed by atoms with E-state index in [1.54, 1.807) is 19.6 Å². The maximum Gasteiger partial charge on any atom is 0.317 e. The van der Waals surface area contributed by atoms with Gasteiger partial charge < -0.3 is 35.8 Å². The van der Waals surface area contributed by atoms with Crippen molar-refractivity contribution in [3.8, 4) is 0 Å². The van der Waals surface area contributed by atoms with Crippen LogP contribution >= 0.6 is 0 Å². The number of piperidine rings is 1. The van der Waals surface area contributed by atoms with Crippen LogP contribution in [-0.2, 0) is 53.1 Å². The molecule has 1 atom stereocenters.